The summed E-state index contributed by atoms with van der Waals surface area (Å²) in [7, 11) is 3.69. The van der Waals surface area contributed by atoms with Crippen LogP contribution in [0.1, 0.15) is 29.1 Å². The van der Waals surface area contributed by atoms with Crippen LogP contribution in [-0.4, -0.2) is 38.6 Å². The quantitative estimate of drug-likeness (QED) is 0.365. The fourth-order valence-corrected chi connectivity index (χ4v) is 4.32. The molecule has 0 aliphatic carbocycles. The van der Waals surface area contributed by atoms with Crippen molar-refractivity contribution >= 4 is 34.6 Å². The van der Waals surface area contributed by atoms with E-state index in [-0.39, 0.29) is 16.8 Å². The first kappa shape index (κ1) is 21.8. The van der Waals surface area contributed by atoms with E-state index in [0.717, 1.165) is 16.8 Å². The fraction of sp³-hybridized carbons (Fsp3) is 0.261. The monoisotopic (exact) mass is 447 g/mol. The highest BCUT2D eigenvalue weighted by Crippen LogP contribution is 2.34. The molecule has 0 unspecified atom stereocenters. The zero-order chi connectivity index (χ0) is 23.0. The van der Waals surface area contributed by atoms with E-state index in [1.807, 2.05) is 71.3 Å². The minimum Gasteiger partial charge on any atom is -0.368 e. The van der Waals surface area contributed by atoms with Gasteiger partial charge in [0.2, 0.25) is 11.9 Å². The zero-order valence-electron chi connectivity index (χ0n) is 18.7. The molecule has 0 aliphatic heterocycles. The SMILES string of the molecule is Cc1ccc(C)c(-n2c(S[C@@H](C)c3nc(N)nc(N(C)C)n3)nc3ccccc3c2=O)c1. The Hall–Kier alpha value is -3.46. The molecule has 4 rings (SSSR count). The number of nitrogens with two attached hydrogens (primary N) is 1. The summed E-state index contributed by atoms with van der Waals surface area (Å²) in [5, 5.41) is 0.924. The van der Waals surface area contributed by atoms with Gasteiger partial charge in [0, 0.05) is 14.1 Å². The Balaban J connectivity index is 1.89. The second-order valence-electron chi connectivity index (χ2n) is 7.85. The lowest BCUT2D eigenvalue weighted by atomic mass is 10.1. The third-order valence-electron chi connectivity index (χ3n) is 5.05. The van der Waals surface area contributed by atoms with Gasteiger partial charge in [-0.05, 0) is 50.1 Å². The smallest absolute Gasteiger partial charge is 0.266 e. The normalized spacial score (nSPS) is 12.2. The molecule has 0 spiro atoms. The number of nitrogens with zero attached hydrogens (tertiary/aromatic N) is 6. The summed E-state index contributed by atoms with van der Waals surface area (Å²) in [5.41, 5.74) is 9.32. The van der Waals surface area contributed by atoms with Gasteiger partial charge in [-0.2, -0.15) is 15.0 Å². The number of fused-ring (bicyclic) bond motifs is 1. The molecule has 2 heterocycles. The lowest BCUT2D eigenvalue weighted by Crippen LogP contribution is -2.23. The minimum absolute atomic E-state index is 0.108. The number of thioether (sulfide) groups is 1. The van der Waals surface area contributed by atoms with E-state index < -0.39 is 0 Å². The molecule has 2 aromatic heterocycles. The number of para-hydroxylation sites is 1. The first-order valence-corrected chi connectivity index (χ1v) is 11.1. The maximum atomic E-state index is 13.6. The van der Waals surface area contributed by atoms with E-state index in [0.29, 0.717) is 27.8 Å². The molecule has 8 nitrogen and oxygen atoms in total. The highest BCUT2D eigenvalue weighted by Gasteiger charge is 2.20. The Bertz CT molecular complexity index is 1370. The molecule has 2 aromatic carbocycles. The van der Waals surface area contributed by atoms with Crippen molar-refractivity contribution in [3.63, 3.8) is 0 Å². The van der Waals surface area contributed by atoms with Crippen molar-refractivity contribution in [2.24, 2.45) is 0 Å². The molecule has 9 heteroatoms. The first-order chi connectivity index (χ1) is 15.2. The van der Waals surface area contributed by atoms with Gasteiger partial charge < -0.3 is 10.6 Å². The standard InChI is InChI=1S/C23H25N7OS/c1-13-10-11-14(2)18(12-13)30-20(31)16-8-6-7-9-17(16)25-23(30)32-15(3)19-26-21(24)28-22(27-19)29(4)5/h6-12,15H,1-5H3,(H2,24,26,27,28)/t15-/m0/s1. The summed E-state index contributed by atoms with van der Waals surface area (Å²) < 4.78 is 1.68. The summed E-state index contributed by atoms with van der Waals surface area (Å²) >= 11 is 1.42. The molecule has 0 saturated carbocycles. The van der Waals surface area contributed by atoms with Gasteiger partial charge in [-0.1, -0.05) is 36.0 Å². The number of hydrogen-bond donors (Lipinski definition) is 1. The molecule has 164 valence electrons. The largest absolute Gasteiger partial charge is 0.368 e. The molecule has 0 bridgehead atoms. The van der Waals surface area contributed by atoms with Crippen LogP contribution in [0.15, 0.2) is 52.4 Å². The zero-order valence-corrected chi connectivity index (χ0v) is 19.5. The Labute approximate surface area is 190 Å². The lowest BCUT2D eigenvalue weighted by molar-refractivity contribution is 0.801. The Morgan fingerprint density at radius 3 is 2.53 bits per heavy atom. The van der Waals surface area contributed by atoms with Gasteiger partial charge in [-0.3, -0.25) is 9.36 Å². The van der Waals surface area contributed by atoms with E-state index in [1.165, 1.54) is 11.8 Å². The number of aryl methyl sites for hydroxylation is 2. The minimum atomic E-state index is -0.219. The van der Waals surface area contributed by atoms with Crippen LogP contribution in [0.2, 0.25) is 0 Å². The second-order valence-corrected chi connectivity index (χ2v) is 9.16. The number of benzene rings is 2. The van der Waals surface area contributed by atoms with Crippen molar-refractivity contribution < 1.29 is 0 Å². The van der Waals surface area contributed by atoms with Crippen molar-refractivity contribution in [3.05, 3.63) is 69.8 Å². The van der Waals surface area contributed by atoms with Gasteiger partial charge in [-0.15, -0.1) is 0 Å². The van der Waals surface area contributed by atoms with Crippen molar-refractivity contribution in [2.45, 2.75) is 31.2 Å². The van der Waals surface area contributed by atoms with Crippen LogP contribution in [0.5, 0.6) is 0 Å². The van der Waals surface area contributed by atoms with Gasteiger partial charge in [-0.25, -0.2) is 4.98 Å². The van der Waals surface area contributed by atoms with E-state index in [9.17, 15) is 4.79 Å². The van der Waals surface area contributed by atoms with Crippen LogP contribution >= 0.6 is 11.8 Å². The molecule has 0 aliphatic rings. The number of hydrogen-bond acceptors (Lipinski definition) is 8. The number of aromatic nitrogens is 5. The van der Waals surface area contributed by atoms with Crippen LogP contribution in [0, 0.1) is 13.8 Å². The van der Waals surface area contributed by atoms with Crippen LogP contribution in [-0.2, 0) is 0 Å². The Morgan fingerprint density at radius 1 is 1.03 bits per heavy atom. The summed E-state index contributed by atoms with van der Waals surface area (Å²) in [4.78, 5) is 33.2. The average Bonchev–Trinajstić information content (AvgIpc) is 2.75. The number of nitrogen functional groups attached to an aromatic ring is 1. The van der Waals surface area contributed by atoms with Crippen LogP contribution in [0.3, 0.4) is 0 Å². The summed E-state index contributed by atoms with van der Waals surface area (Å²) in [6.45, 7) is 5.96. The van der Waals surface area contributed by atoms with Gasteiger partial charge in [0.15, 0.2) is 5.16 Å². The van der Waals surface area contributed by atoms with Crippen molar-refractivity contribution in [3.8, 4) is 5.69 Å². The second kappa shape index (κ2) is 8.58. The molecule has 4 aromatic rings. The van der Waals surface area contributed by atoms with Crippen LogP contribution in [0.4, 0.5) is 11.9 Å². The van der Waals surface area contributed by atoms with Gasteiger partial charge >= 0.3 is 0 Å². The summed E-state index contributed by atoms with van der Waals surface area (Å²) in [5.74, 6) is 1.17. The molecular weight excluding hydrogens is 422 g/mol. The van der Waals surface area contributed by atoms with Gasteiger partial charge in [0.25, 0.3) is 5.56 Å². The van der Waals surface area contributed by atoms with E-state index >= 15 is 0 Å². The predicted octanol–water partition coefficient (Wildman–Crippen LogP) is 3.69. The maximum Gasteiger partial charge on any atom is 0.266 e. The third kappa shape index (κ3) is 4.16. The molecule has 32 heavy (non-hydrogen) atoms. The molecule has 0 fully saturated rings. The van der Waals surface area contributed by atoms with E-state index in [4.69, 9.17) is 10.7 Å². The molecule has 2 N–H and O–H groups in total. The first-order valence-electron chi connectivity index (χ1n) is 10.2. The summed E-state index contributed by atoms with van der Waals surface area (Å²) in [6, 6.07) is 13.4. The Kier molecular flexibility index (Phi) is 5.84. The predicted molar refractivity (Wildman–Crippen MR) is 130 cm³/mol. The molecular formula is C23H25N7OS. The fourth-order valence-electron chi connectivity index (χ4n) is 3.35. The van der Waals surface area contributed by atoms with E-state index in [1.54, 1.807) is 15.5 Å². The number of anilines is 2. The Morgan fingerprint density at radius 2 is 1.78 bits per heavy atom. The highest BCUT2D eigenvalue weighted by molar-refractivity contribution is 7.99. The molecule has 0 radical (unpaired) electrons. The van der Waals surface area contributed by atoms with Crippen molar-refractivity contribution in [1.29, 1.82) is 0 Å². The molecule has 0 saturated heterocycles. The third-order valence-corrected chi connectivity index (χ3v) is 6.10. The topological polar surface area (TPSA) is 103 Å². The van der Waals surface area contributed by atoms with E-state index in [2.05, 4.69) is 15.0 Å². The maximum absolute atomic E-state index is 13.6. The number of rotatable bonds is 5. The van der Waals surface area contributed by atoms with Gasteiger partial charge in [0.1, 0.15) is 5.82 Å². The lowest BCUT2D eigenvalue weighted by Gasteiger charge is -2.18. The van der Waals surface area contributed by atoms with Crippen LogP contribution < -0.4 is 16.2 Å². The average molecular weight is 448 g/mol. The molecule has 0 amide bonds. The van der Waals surface area contributed by atoms with Gasteiger partial charge in [0.05, 0.1) is 21.8 Å². The summed E-state index contributed by atoms with van der Waals surface area (Å²) in [6.07, 6.45) is 0. The molecule has 1 atom stereocenters. The van der Waals surface area contributed by atoms with Crippen LogP contribution in [0.25, 0.3) is 16.6 Å². The van der Waals surface area contributed by atoms with Crippen molar-refractivity contribution in [1.82, 2.24) is 24.5 Å². The van der Waals surface area contributed by atoms with Crippen molar-refractivity contribution in [2.75, 3.05) is 24.7 Å². The highest BCUT2D eigenvalue weighted by atomic mass is 32.2.